The number of halogens is 1. The second-order valence-electron chi connectivity index (χ2n) is 3.28. The number of rotatable bonds is 1. The molecule has 12 heavy (non-hydrogen) atoms. The van der Waals surface area contributed by atoms with Gasteiger partial charge in [0.2, 0.25) is 0 Å². The lowest BCUT2D eigenvalue weighted by atomic mass is 9.96. The Kier molecular flexibility index (Phi) is 2.38. The van der Waals surface area contributed by atoms with E-state index in [1.165, 1.54) is 12.1 Å². The lowest BCUT2D eigenvalue weighted by Gasteiger charge is -2.25. The quantitative estimate of drug-likeness (QED) is 0.508. The van der Waals surface area contributed by atoms with Crippen LogP contribution in [0.1, 0.15) is 24.5 Å². The fourth-order valence-electron chi connectivity index (χ4n) is 1.69. The Morgan fingerprint density at radius 3 is 2.92 bits per heavy atom. The van der Waals surface area contributed by atoms with Gasteiger partial charge in [-0.25, -0.2) is 0 Å². The average Bonchev–Trinajstić information content (AvgIpc) is 2.58. The van der Waals surface area contributed by atoms with Crippen LogP contribution in [0.3, 0.4) is 0 Å². The minimum atomic E-state index is 0.177. The van der Waals surface area contributed by atoms with E-state index in [1.54, 1.807) is 0 Å². The molecule has 66 valence electrons. The van der Waals surface area contributed by atoms with Crippen LogP contribution in [0.5, 0.6) is 0 Å². The van der Waals surface area contributed by atoms with Gasteiger partial charge < -0.3 is 10.3 Å². The Morgan fingerprint density at radius 1 is 1.42 bits per heavy atom. The first-order valence-electron chi connectivity index (χ1n) is 4.37. The molecule has 2 unspecified atom stereocenters. The Hall–Kier alpha value is -0.470. The summed E-state index contributed by atoms with van der Waals surface area (Å²) < 4.78 is 0. The predicted molar refractivity (Wildman–Crippen MR) is 50.4 cm³/mol. The first kappa shape index (κ1) is 8.14. The van der Waals surface area contributed by atoms with Crippen LogP contribution in [0.25, 0.3) is 0 Å². The molecule has 0 spiro atoms. The van der Waals surface area contributed by atoms with Crippen LogP contribution >= 0.6 is 11.6 Å². The fourth-order valence-corrected chi connectivity index (χ4v) is 1.90. The summed E-state index contributed by atoms with van der Waals surface area (Å²) in [4.78, 5) is 3.24. The van der Waals surface area contributed by atoms with Crippen molar-refractivity contribution in [1.82, 2.24) is 10.3 Å². The molecule has 1 aromatic heterocycles. The van der Waals surface area contributed by atoms with Crippen molar-refractivity contribution in [2.24, 2.45) is 0 Å². The molecule has 0 saturated carbocycles. The van der Waals surface area contributed by atoms with Gasteiger partial charge >= 0.3 is 0 Å². The van der Waals surface area contributed by atoms with E-state index < -0.39 is 0 Å². The van der Waals surface area contributed by atoms with Crippen LogP contribution in [0, 0.1) is 0 Å². The van der Waals surface area contributed by atoms with Crippen LogP contribution in [0.2, 0.25) is 0 Å². The molecule has 1 aliphatic heterocycles. The Morgan fingerprint density at radius 2 is 2.33 bits per heavy atom. The van der Waals surface area contributed by atoms with Crippen molar-refractivity contribution < 1.29 is 0 Å². The number of alkyl halides is 1. The molecule has 2 atom stereocenters. The molecule has 0 bridgehead atoms. The number of piperidine rings is 1. The van der Waals surface area contributed by atoms with Crippen molar-refractivity contribution in [2.45, 2.75) is 24.3 Å². The largest absolute Gasteiger partial charge is 0.365 e. The highest BCUT2D eigenvalue weighted by atomic mass is 35.5. The van der Waals surface area contributed by atoms with E-state index in [9.17, 15) is 0 Å². The van der Waals surface area contributed by atoms with Gasteiger partial charge in [0.15, 0.2) is 0 Å². The first-order valence-corrected chi connectivity index (χ1v) is 4.80. The lowest BCUT2D eigenvalue weighted by molar-refractivity contribution is 0.429. The van der Waals surface area contributed by atoms with Gasteiger partial charge in [-0.15, -0.1) is 11.6 Å². The van der Waals surface area contributed by atoms with Crippen LogP contribution in [-0.4, -0.2) is 17.0 Å². The van der Waals surface area contributed by atoms with E-state index in [4.69, 9.17) is 11.6 Å². The molecule has 1 aliphatic rings. The number of hydrogen-bond donors (Lipinski definition) is 2. The fraction of sp³-hybridized carbons (Fsp3) is 0.556. The molecule has 0 aromatic carbocycles. The second kappa shape index (κ2) is 3.50. The zero-order chi connectivity index (χ0) is 8.39. The third-order valence-electron chi connectivity index (χ3n) is 2.42. The van der Waals surface area contributed by atoms with E-state index in [1.807, 2.05) is 12.3 Å². The number of aromatic nitrogens is 1. The molecular formula is C9H13ClN2. The molecule has 2 nitrogen and oxygen atoms in total. The van der Waals surface area contributed by atoms with Crippen molar-refractivity contribution in [1.29, 1.82) is 0 Å². The molecular weight excluding hydrogens is 172 g/mol. The van der Waals surface area contributed by atoms with E-state index in [0.29, 0.717) is 5.92 Å². The van der Waals surface area contributed by atoms with E-state index in [2.05, 4.69) is 16.4 Å². The number of hydrogen-bond acceptors (Lipinski definition) is 1. The molecule has 1 fully saturated rings. The van der Waals surface area contributed by atoms with Gasteiger partial charge in [0.25, 0.3) is 0 Å². The Bertz CT molecular complexity index is 225. The lowest BCUT2D eigenvalue weighted by Crippen LogP contribution is -2.34. The van der Waals surface area contributed by atoms with E-state index >= 15 is 0 Å². The monoisotopic (exact) mass is 184 g/mol. The zero-order valence-electron chi connectivity index (χ0n) is 6.89. The van der Waals surface area contributed by atoms with Gasteiger partial charge in [0.05, 0.1) is 5.50 Å². The maximum Gasteiger partial charge on any atom is 0.0825 e. The average molecular weight is 185 g/mol. The molecule has 2 heterocycles. The van der Waals surface area contributed by atoms with E-state index in [0.717, 1.165) is 13.0 Å². The van der Waals surface area contributed by atoms with Crippen molar-refractivity contribution in [3.63, 3.8) is 0 Å². The van der Waals surface area contributed by atoms with Crippen LogP contribution < -0.4 is 5.32 Å². The van der Waals surface area contributed by atoms with Crippen LogP contribution in [0.4, 0.5) is 0 Å². The Balaban J connectivity index is 1.99. The first-order chi connectivity index (χ1) is 5.86. The van der Waals surface area contributed by atoms with Crippen LogP contribution in [0.15, 0.2) is 18.3 Å². The standard InChI is InChI=1S/C9H13ClN2/c10-9-4-3-7(6-12-9)8-2-1-5-11-8/h1-2,5,7,9,11-12H,3-4,6H2. The van der Waals surface area contributed by atoms with Gasteiger partial charge in [-0.3, -0.25) is 0 Å². The van der Waals surface area contributed by atoms with Crippen molar-refractivity contribution in [3.05, 3.63) is 24.0 Å². The summed E-state index contributed by atoms with van der Waals surface area (Å²) in [5.74, 6) is 0.620. The number of H-pyrrole nitrogens is 1. The van der Waals surface area contributed by atoms with Crippen LogP contribution in [-0.2, 0) is 0 Å². The summed E-state index contributed by atoms with van der Waals surface area (Å²) in [5, 5.41) is 3.27. The van der Waals surface area contributed by atoms with Crippen molar-refractivity contribution in [3.8, 4) is 0 Å². The summed E-state index contributed by atoms with van der Waals surface area (Å²) in [6.07, 6.45) is 4.22. The molecule has 1 aromatic rings. The molecule has 2 rings (SSSR count). The molecule has 3 heteroatoms. The molecule has 2 N–H and O–H groups in total. The third kappa shape index (κ3) is 1.65. The summed E-state index contributed by atoms with van der Waals surface area (Å²) >= 11 is 5.92. The molecule has 0 aliphatic carbocycles. The summed E-state index contributed by atoms with van der Waals surface area (Å²) in [6.45, 7) is 0.995. The minimum absolute atomic E-state index is 0.177. The van der Waals surface area contributed by atoms with Gasteiger partial charge in [-0.2, -0.15) is 0 Å². The second-order valence-corrected chi connectivity index (χ2v) is 3.80. The van der Waals surface area contributed by atoms with Gasteiger partial charge in [-0.05, 0) is 25.0 Å². The Labute approximate surface area is 77.3 Å². The molecule has 1 saturated heterocycles. The summed E-state index contributed by atoms with van der Waals surface area (Å²) in [7, 11) is 0. The van der Waals surface area contributed by atoms with Gasteiger partial charge in [0, 0.05) is 24.4 Å². The van der Waals surface area contributed by atoms with Gasteiger partial charge in [0.1, 0.15) is 0 Å². The van der Waals surface area contributed by atoms with Crippen molar-refractivity contribution >= 4 is 11.6 Å². The normalized spacial score (nSPS) is 30.4. The summed E-state index contributed by atoms with van der Waals surface area (Å²) in [5.41, 5.74) is 1.50. The van der Waals surface area contributed by atoms with Crippen molar-refractivity contribution in [2.75, 3.05) is 6.54 Å². The third-order valence-corrected chi connectivity index (χ3v) is 2.79. The SMILES string of the molecule is ClC1CCC(c2ccc[nH]2)CN1. The number of aromatic amines is 1. The smallest absolute Gasteiger partial charge is 0.0825 e. The summed E-state index contributed by atoms with van der Waals surface area (Å²) in [6, 6.07) is 4.18. The highest BCUT2D eigenvalue weighted by Crippen LogP contribution is 2.24. The van der Waals surface area contributed by atoms with E-state index in [-0.39, 0.29) is 5.50 Å². The highest BCUT2D eigenvalue weighted by Gasteiger charge is 2.20. The van der Waals surface area contributed by atoms with Gasteiger partial charge in [-0.1, -0.05) is 0 Å². The predicted octanol–water partition coefficient (Wildman–Crippen LogP) is 2.05. The number of nitrogens with one attached hydrogen (secondary N) is 2. The highest BCUT2D eigenvalue weighted by molar-refractivity contribution is 6.20. The minimum Gasteiger partial charge on any atom is -0.365 e. The molecule has 0 amide bonds. The maximum absolute atomic E-state index is 5.92. The topological polar surface area (TPSA) is 27.8 Å². The molecule has 0 radical (unpaired) electrons. The maximum atomic E-state index is 5.92. The zero-order valence-corrected chi connectivity index (χ0v) is 7.64.